The second-order valence-electron chi connectivity index (χ2n) is 4.55. The number of ether oxygens (including phenoxy) is 1. The quantitative estimate of drug-likeness (QED) is 0.821. The molecule has 1 fully saturated rings. The van der Waals surface area contributed by atoms with Crippen LogP contribution >= 0.6 is 0 Å². The topological polar surface area (TPSA) is 49.8 Å². The van der Waals surface area contributed by atoms with Gasteiger partial charge in [0.15, 0.2) is 0 Å². The lowest BCUT2D eigenvalue weighted by atomic mass is 10.1. The molecule has 2 rings (SSSR count). The van der Waals surface area contributed by atoms with Gasteiger partial charge >= 0.3 is 0 Å². The van der Waals surface area contributed by atoms with E-state index in [1.165, 1.54) is 12.1 Å². The Hall–Kier alpha value is -1.90. The molecule has 0 aromatic heterocycles. The number of carbonyl (C=O) groups is 1. The van der Waals surface area contributed by atoms with Crippen molar-refractivity contribution in [2.75, 3.05) is 26.8 Å². The minimum absolute atomic E-state index is 0.0247. The lowest BCUT2D eigenvalue weighted by Gasteiger charge is -2.16. The zero-order valence-corrected chi connectivity index (χ0v) is 11.2. The summed E-state index contributed by atoms with van der Waals surface area (Å²) in [6.07, 6.45) is 0.793. The second kappa shape index (κ2) is 6.51. The van der Waals surface area contributed by atoms with Crippen molar-refractivity contribution in [2.45, 2.75) is 12.5 Å². The van der Waals surface area contributed by atoms with Crippen molar-refractivity contribution in [3.63, 3.8) is 0 Å². The summed E-state index contributed by atoms with van der Waals surface area (Å²) in [5.41, 5.74) is 0.473. The molecule has 1 unspecified atom stereocenters. The molecule has 0 aliphatic carbocycles. The molecule has 20 heavy (non-hydrogen) atoms. The molecule has 1 atom stereocenters. The second-order valence-corrected chi connectivity index (χ2v) is 4.55. The highest BCUT2D eigenvalue weighted by atomic mass is 19.1. The summed E-state index contributed by atoms with van der Waals surface area (Å²) in [4.78, 5) is 13.8. The van der Waals surface area contributed by atoms with Crippen molar-refractivity contribution < 1.29 is 19.0 Å². The Morgan fingerprint density at radius 2 is 2.40 bits per heavy atom. The predicted octanol–water partition coefficient (Wildman–Crippen LogP) is 1.03. The van der Waals surface area contributed by atoms with E-state index in [1.807, 2.05) is 0 Å². The van der Waals surface area contributed by atoms with E-state index < -0.39 is 5.82 Å². The molecular weight excluding hydrogens is 261 g/mol. The van der Waals surface area contributed by atoms with Gasteiger partial charge in [-0.3, -0.25) is 4.79 Å². The van der Waals surface area contributed by atoms with Crippen LogP contribution in [0.15, 0.2) is 18.2 Å². The van der Waals surface area contributed by atoms with Crippen LogP contribution in [0.3, 0.4) is 0 Å². The Morgan fingerprint density at radius 3 is 3.00 bits per heavy atom. The number of halogens is 1. The molecular formula is C15H16FNO3. The number of aliphatic hydroxyl groups is 1. The summed E-state index contributed by atoms with van der Waals surface area (Å²) in [6, 6.07) is 4.21. The van der Waals surface area contributed by atoms with Crippen molar-refractivity contribution in [1.82, 2.24) is 4.90 Å². The number of hydrogen-bond acceptors (Lipinski definition) is 3. The number of aliphatic hydroxyl groups excluding tert-OH is 1. The zero-order valence-electron chi connectivity index (χ0n) is 11.2. The molecule has 5 heteroatoms. The first-order chi connectivity index (χ1) is 9.65. The maximum atomic E-state index is 14.0. The zero-order chi connectivity index (χ0) is 14.5. The van der Waals surface area contributed by atoms with Crippen LogP contribution in [0, 0.1) is 17.7 Å². The first-order valence-electron chi connectivity index (χ1n) is 6.37. The van der Waals surface area contributed by atoms with Crippen LogP contribution in [0.25, 0.3) is 0 Å². The number of amides is 1. The van der Waals surface area contributed by atoms with E-state index in [-0.39, 0.29) is 24.2 Å². The van der Waals surface area contributed by atoms with Crippen molar-refractivity contribution in [3.05, 3.63) is 35.1 Å². The number of benzene rings is 1. The third-order valence-electron chi connectivity index (χ3n) is 3.28. The van der Waals surface area contributed by atoms with Crippen molar-refractivity contribution in [1.29, 1.82) is 0 Å². The number of methoxy groups -OCH3 is 1. The average molecular weight is 277 g/mol. The highest BCUT2D eigenvalue weighted by Gasteiger charge is 2.28. The van der Waals surface area contributed by atoms with Gasteiger partial charge in [0.1, 0.15) is 12.4 Å². The van der Waals surface area contributed by atoms with E-state index in [1.54, 1.807) is 18.1 Å². The molecule has 1 saturated heterocycles. The fourth-order valence-electron chi connectivity index (χ4n) is 2.18. The molecule has 106 valence electrons. The minimum atomic E-state index is -0.597. The lowest BCUT2D eigenvalue weighted by molar-refractivity contribution is 0.0720. The predicted molar refractivity (Wildman–Crippen MR) is 71.7 cm³/mol. The van der Waals surface area contributed by atoms with Crippen LogP contribution in [-0.4, -0.2) is 48.8 Å². The summed E-state index contributed by atoms with van der Waals surface area (Å²) in [5.74, 6) is 4.11. The summed E-state index contributed by atoms with van der Waals surface area (Å²) >= 11 is 0. The number of hydrogen-bond donors (Lipinski definition) is 1. The Morgan fingerprint density at radius 1 is 1.60 bits per heavy atom. The van der Waals surface area contributed by atoms with E-state index in [2.05, 4.69) is 11.8 Å². The van der Waals surface area contributed by atoms with Gasteiger partial charge in [-0.2, -0.15) is 0 Å². The van der Waals surface area contributed by atoms with E-state index in [0.29, 0.717) is 18.7 Å². The number of carbonyl (C=O) groups excluding carboxylic acids is 1. The Kier molecular flexibility index (Phi) is 4.72. The normalized spacial score (nSPS) is 17.8. The number of likely N-dealkylation sites (tertiary alicyclic amines) is 1. The van der Waals surface area contributed by atoms with E-state index in [0.717, 1.165) is 6.42 Å². The molecule has 0 radical (unpaired) electrons. The molecule has 1 aromatic rings. The van der Waals surface area contributed by atoms with Crippen LogP contribution in [0.4, 0.5) is 4.39 Å². The van der Waals surface area contributed by atoms with Crippen molar-refractivity contribution in [2.24, 2.45) is 0 Å². The maximum Gasteiger partial charge on any atom is 0.256 e. The van der Waals surface area contributed by atoms with Gasteiger partial charge in [0.25, 0.3) is 5.91 Å². The van der Waals surface area contributed by atoms with Crippen molar-refractivity contribution in [3.8, 4) is 11.8 Å². The van der Waals surface area contributed by atoms with Crippen LogP contribution in [0.1, 0.15) is 22.3 Å². The van der Waals surface area contributed by atoms with Gasteiger partial charge in [-0.25, -0.2) is 4.39 Å². The van der Waals surface area contributed by atoms with Crippen LogP contribution in [0.5, 0.6) is 0 Å². The molecule has 1 aliphatic heterocycles. The average Bonchev–Trinajstić information content (AvgIpc) is 2.93. The van der Waals surface area contributed by atoms with Crippen LogP contribution in [0.2, 0.25) is 0 Å². The largest absolute Gasteiger partial charge is 0.384 e. The van der Waals surface area contributed by atoms with Crippen molar-refractivity contribution >= 4 is 5.91 Å². The summed E-state index contributed by atoms with van der Waals surface area (Å²) in [6.45, 7) is 0.776. The molecule has 1 heterocycles. The lowest BCUT2D eigenvalue weighted by Crippen LogP contribution is -2.30. The van der Waals surface area contributed by atoms with Gasteiger partial charge in [-0.05, 0) is 24.6 Å². The molecule has 0 bridgehead atoms. The number of rotatable bonds is 2. The van der Waals surface area contributed by atoms with Gasteiger partial charge < -0.3 is 14.7 Å². The minimum Gasteiger partial charge on any atom is -0.384 e. The molecule has 1 N–H and O–H groups in total. The molecule has 4 nitrogen and oxygen atoms in total. The highest BCUT2D eigenvalue weighted by molar-refractivity contribution is 5.94. The summed E-state index contributed by atoms with van der Waals surface area (Å²) < 4.78 is 19.1. The van der Waals surface area contributed by atoms with Gasteiger partial charge in [-0.1, -0.05) is 11.8 Å². The molecule has 1 aromatic carbocycles. The van der Waals surface area contributed by atoms with E-state index >= 15 is 0 Å². The smallest absolute Gasteiger partial charge is 0.256 e. The Labute approximate surface area is 117 Å². The Balaban J connectivity index is 2.15. The highest BCUT2D eigenvalue weighted by Crippen LogP contribution is 2.18. The molecule has 0 saturated carbocycles. The number of nitrogens with zero attached hydrogens (tertiary/aromatic N) is 1. The molecule has 0 spiro atoms. The van der Waals surface area contributed by atoms with Gasteiger partial charge in [-0.15, -0.1) is 0 Å². The van der Waals surface area contributed by atoms with Gasteiger partial charge in [0.05, 0.1) is 11.7 Å². The Bertz CT molecular complexity index is 562. The van der Waals surface area contributed by atoms with Gasteiger partial charge in [0.2, 0.25) is 0 Å². The molecule has 1 amide bonds. The first-order valence-corrected chi connectivity index (χ1v) is 6.37. The van der Waals surface area contributed by atoms with E-state index in [9.17, 15) is 9.18 Å². The van der Waals surface area contributed by atoms with Crippen LogP contribution < -0.4 is 0 Å². The maximum absolute atomic E-state index is 14.0. The van der Waals surface area contributed by atoms with Gasteiger partial charge in [0, 0.05) is 25.8 Å². The fourth-order valence-corrected chi connectivity index (χ4v) is 2.18. The standard InChI is InChI=1S/C15H16FNO3/c1-20-12-6-7-17(10-12)15(19)13-5-4-11(3-2-8-18)9-14(13)16/h4-5,9,12,18H,6-8,10H2,1H3. The third kappa shape index (κ3) is 3.16. The summed E-state index contributed by atoms with van der Waals surface area (Å²) in [7, 11) is 1.61. The SMILES string of the molecule is COC1CCN(C(=O)c2ccc(C#CCO)cc2F)C1. The fraction of sp³-hybridized carbons (Fsp3) is 0.400. The van der Waals surface area contributed by atoms with Crippen LogP contribution in [-0.2, 0) is 4.74 Å². The first kappa shape index (κ1) is 14.5. The monoisotopic (exact) mass is 277 g/mol. The summed E-state index contributed by atoms with van der Waals surface area (Å²) in [5, 5.41) is 8.59. The third-order valence-corrected chi connectivity index (χ3v) is 3.28. The molecule has 1 aliphatic rings. The van der Waals surface area contributed by atoms with E-state index in [4.69, 9.17) is 9.84 Å².